The van der Waals surface area contributed by atoms with Gasteiger partial charge in [0.2, 0.25) is 0 Å². The molecule has 2 rings (SSSR count). The fourth-order valence-corrected chi connectivity index (χ4v) is 3.26. The molecule has 23 heavy (non-hydrogen) atoms. The van der Waals surface area contributed by atoms with Gasteiger partial charge >= 0.3 is 0 Å². The van der Waals surface area contributed by atoms with E-state index >= 15 is 0 Å². The normalized spacial score (nSPS) is 18.7. The average Bonchev–Trinajstić information content (AvgIpc) is 2.83. The molecule has 8 heteroatoms. The van der Waals surface area contributed by atoms with Crippen molar-refractivity contribution in [2.24, 2.45) is 7.05 Å². The average molecular weight is 350 g/mol. The lowest BCUT2D eigenvalue weighted by Crippen LogP contribution is -2.44. The third-order valence-electron chi connectivity index (χ3n) is 4.20. The number of nitrogens with zero attached hydrogens (tertiary/aromatic N) is 3. The zero-order valence-corrected chi connectivity index (χ0v) is 14.2. The van der Waals surface area contributed by atoms with Gasteiger partial charge in [-0.05, 0) is 32.1 Å². The molecule has 1 amide bonds. The van der Waals surface area contributed by atoms with Crippen LogP contribution in [0.5, 0.6) is 0 Å². The van der Waals surface area contributed by atoms with Gasteiger partial charge in [-0.1, -0.05) is 11.6 Å². The summed E-state index contributed by atoms with van der Waals surface area (Å²) in [7, 11) is 3.09. The predicted molar refractivity (Wildman–Crippen MR) is 83.0 cm³/mol. The van der Waals surface area contributed by atoms with Crippen LogP contribution in [-0.4, -0.2) is 46.9 Å². The molecule has 1 unspecified atom stereocenters. The van der Waals surface area contributed by atoms with Gasteiger partial charge in [-0.3, -0.25) is 9.48 Å². The van der Waals surface area contributed by atoms with E-state index in [0.29, 0.717) is 13.2 Å². The largest absolute Gasteiger partial charge is 0.385 e. The van der Waals surface area contributed by atoms with Crippen LogP contribution in [0.2, 0.25) is 5.15 Å². The van der Waals surface area contributed by atoms with Crippen LogP contribution in [0.15, 0.2) is 0 Å². The Bertz CT molecular complexity index is 551. The van der Waals surface area contributed by atoms with Gasteiger partial charge in [0.15, 0.2) is 0 Å². The summed E-state index contributed by atoms with van der Waals surface area (Å²) >= 11 is 6.05. The maximum absolute atomic E-state index is 13.2. The van der Waals surface area contributed by atoms with Crippen molar-refractivity contribution in [3.8, 4) is 0 Å². The Morgan fingerprint density at radius 3 is 2.87 bits per heavy atom. The summed E-state index contributed by atoms with van der Waals surface area (Å²) in [6.45, 7) is 1.18. The van der Waals surface area contributed by atoms with Crippen LogP contribution in [-0.2, 0) is 11.8 Å². The highest BCUT2D eigenvalue weighted by Crippen LogP contribution is 2.31. The van der Waals surface area contributed by atoms with Crippen molar-refractivity contribution in [1.29, 1.82) is 0 Å². The number of carbonyl (C=O) groups excluding carboxylic acids is 1. The quantitative estimate of drug-likeness (QED) is 0.739. The van der Waals surface area contributed by atoms with Gasteiger partial charge in [-0.15, -0.1) is 0 Å². The number of rotatable bonds is 6. The van der Waals surface area contributed by atoms with E-state index in [4.69, 9.17) is 16.3 Å². The summed E-state index contributed by atoms with van der Waals surface area (Å²) in [4.78, 5) is 14.5. The lowest BCUT2D eigenvalue weighted by atomic mass is 9.97. The summed E-state index contributed by atoms with van der Waals surface area (Å²) in [5, 5.41) is 3.66. The summed E-state index contributed by atoms with van der Waals surface area (Å²) in [5.41, 5.74) is -0.702. The number of halogens is 3. The van der Waals surface area contributed by atoms with Crippen molar-refractivity contribution in [1.82, 2.24) is 14.7 Å². The highest BCUT2D eigenvalue weighted by atomic mass is 35.5. The van der Waals surface area contributed by atoms with Crippen LogP contribution < -0.4 is 0 Å². The van der Waals surface area contributed by atoms with Gasteiger partial charge in [0.25, 0.3) is 12.3 Å². The molecule has 1 aliphatic heterocycles. The third kappa shape index (κ3) is 4.01. The third-order valence-corrected chi connectivity index (χ3v) is 4.63. The van der Waals surface area contributed by atoms with Gasteiger partial charge in [0.1, 0.15) is 16.4 Å². The minimum absolute atomic E-state index is 0.0354. The highest BCUT2D eigenvalue weighted by Gasteiger charge is 2.34. The smallest absolute Gasteiger partial charge is 0.283 e. The molecule has 1 aromatic rings. The number of aromatic nitrogens is 2. The Hall–Kier alpha value is -1.21. The minimum Gasteiger partial charge on any atom is -0.385 e. The molecule has 0 aliphatic carbocycles. The molecular weight excluding hydrogens is 328 g/mol. The molecule has 2 heterocycles. The number of likely N-dealkylation sites (tertiary alicyclic amines) is 1. The molecule has 130 valence electrons. The molecule has 0 N–H and O–H groups in total. The highest BCUT2D eigenvalue weighted by molar-refractivity contribution is 6.33. The number of ether oxygens (including phenoxy) is 1. The molecule has 5 nitrogen and oxygen atoms in total. The lowest BCUT2D eigenvalue weighted by molar-refractivity contribution is 0.0575. The van der Waals surface area contributed by atoms with E-state index in [1.807, 2.05) is 0 Å². The van der Waals surface area contributed by atoms with Gasteiger partial charge < -0.3 is 9.64 Å². The van der Waals surface area contributed by atoms with E-state index in [1.54, 1.807) is 12.0 Å². The number of hydrogen-bond acceptors (Lipinski definition) is 3. The van der Waals surface area contributed by atoms with E-state index in [1.165, 1.54) is 7.05 Å². The zero-order valence-electron chi connectivity index (χ0n) is 13.4. The fraction of sp³-hybridized carbons (Fsp3) is 0.733. The molecule has 1 saturated heterocycles. The van der Waals surface area contributed by atoms with Crippen LogP contribution in [0, 0.1) is 0 Å². The van der Waals surface area contributed by atoms with Crippen molar-refractivity contribution in [3.63, 3.8) is 0 Å². The zero-order chi connectivity index (χ0) is 17.0. The lowest BCUT2D eigenvalue weighted by Gasteiger charge is -2.36. The molecule has 0 radical (unpaired) electrons. The second-order valence-corrected chi connectivity index (χ2v) is 6.12. The van der Waals surface area contributed by atoms with Crippen molar-refractivity contribution in [2.45, 2.75) is 44.6 Å². The number of piperidine rings is 1. The summed E-state index contributed by atoms with van der Waals surface area (Å²) in [6.07, 6.45) is 1.56. The predicted octanol–water partition coefficient (Wildman–Crippen LogP) is 3.43. The molecule has 0 saturated carbocycles. The van der Waals surface area contributed by atoms with Gasteiger partial charge in [-0.2, -0.15) is 5.10 Å². The van der Waals surface area contributed by atoms with E-state index in [9.17, 15) is 13.6 Å². The standard InChI is InChI=1S/C15H22ClF2N3O2/c1-20-13(16)11(12(19-20)14(17)18)15(22)21-8-4-3-6-10(21)7-5-9-23-2/h10,14H,3-9H2,1-2H3. The number of alkyl halides is 2. The number of aryl methyl sites for hydroxylation is 1. The first kappa shape index (κ1) is 18.1. The second-order valence-electron chi connectivity index (χ2n) is 5.76. The number of methoxy groups -OCH3 is 1. The van der Waals surface area contributed by atoms with Crippen molar-refractivity contribution < 1.29 is 18.3 Å². The minimum atomic E-state index is -2.83. The number of carbonyl (C=O) groups is 1. The van der Waals surface area contributed by atoms with E-state index in [-0.39, 0.29) is 16.8 Å². The topological polar surface area (TPSA) is 47.4 Å². The Kier molecular flexibility index (Phi) is 6.35. The van der Waals surface area contributed by atoms with Gasteiger partial charge in [-0.25, -0.2) is 8.78 Å². The molecule has 1 atom stereocenters. The Morgan fingerprint density at radius 2 is 2.22 bits per heavy atom. The summed E-state index contributed by atoms with van der Waals surface area (Å²) < 4.78 is 32.5. The van der Waals surface area contributed by atoms with Crippen LogP contribution in [0.1, 0.15) is 54.6 Å². The van der Waals surface area contributed by atoms with Crippen LogP contribution >= 0.6 is 11.6 Å². The van der Waals surface area contributed by atoms with E-state index < -0.39 is 18.0 Å². The first-order valence-electron chi connectivity index (χ1n) is 7.77. The van der Waals surface area contributed by atoms with Crippen molar-refractivity contribution in [2.75, 3.05) is 20.3 Å². The molecule has 0 spiro atoms. The SMILES string of the molecule is COCCCC1CCCCN1C(=O)c1c(C(F)F)nn(C)c1Cl. The number of amides is 1. The number of hydrogen-bond donors (Lipinski definition) is 0. The molecule has 1 aromatic heterocycles. The monoisotopic (exact) mass is 349 g/mol. The molecular formula is C15H22ClF2N3O2. The maximum atomic E-state index is 13.2. The Morgan fingerprint density at radius 1 is 1.48 bits per heavy atom. The first-order chi connectivity index (χ1) is 11.0. The first-order valence-corrected chi connectivity index (χ1v) is 8.15. The Labute approximate surface area is 139 Å². The molecule has 1 aliphatic rings. The van der Waals surface area contributed by atoms with Crippen LogP contribution in [0.3, 0.4) is 0 Å². The van der Waals surface area contributed by atoms with Gasteiger partial charge in [0.05, 0.1) is 0 Å². The maximum Gasteiger partial charge on any atom is 0.283 e. The summed E-state index contributed by atoms with van der Waals surface area (Å²) in [5.74, 6) is -0.444. The molecule has 0 bridgehead atoms. The van der Waals surface area contributed by atoms with Crippen molar-refractivity contribution >= 4 is 17.5 Å². The molecule has 0 aromatic carbocycles. The summed E-state index contributed by atoms with van der Waals surface area (Å²) in [6, 6.07) is 0.0354. The van der Waals surface area contributed by atoms with Gasteiger partial charge in [0, 0.05) is 33.4 Å². The van der Waals surface area contributed by atoms with E-state index in [2.05, 4.69) is 5.10 Å². The second kappa shape index (κ2) is 8.06. The molecule has 1 fully saturated rings. The van der Waals surface area contributed by atoms with Crippen molar-refractivity contribution in [3.05, 3.63) is 16.4 Å². The fourth-order valence-electron chi connectivity index (χ4n) is 3.05. The Balaban J connectivity index is 2.23. The van der Waals surface area contributed by atoms with E-state index in [0.717, 1.165) is 36.8 Å². The van der Waals surface area contributed by atoms with Crippen LogP contribution in [0.4, 0.5) is 8.78 Å². The van der Waals surface area contributed by atoms with Crippen LogP contribution in [0.25, 0.3) is 0 Å².